The number of aliphatic carboxylic acids is 1. The second-order valence-corrected chi connectivity index (χ2v) is 10.9. The Morgan fingerprint density at radius 3 is 1.00 bits per heavy atom. The van der Waals surface area contributed by atoms with E-state index in [9.17, 15) is 9.90 Å². The summed E-state index contributed by atoms with van der Waals surface area (Å²) in [6, 6.07) is 3.55. The molecule has 4 rings (SSSR count). The van der Waals surface area contributed by atoms with Crippen LogP contribution in [0.5, 0.6) is 0 Å². The standard InChI is InChI=1S/C27H50N4O2/c1-9-17-18(10-2)28(17)25(29-19(11-3)20(29)12-4)27(26(32)33,30-21(13-5)22(30)14-6)31-23(15-7)24(31)16-8/h17-25H,9-16H2,1-8H3,(H,32,33). The summed E-state index contributed by atoms with van der Waals surface area (Å²) >= 11 is 0. The molecule has 4 aliphatic heterocycles. The maximum absolute atomic E-state index is 13.8. The molecule has 4 aliphatic rings. The van der Waals surface area contributed by atoms with Gasteiger partial charge in [0.05, 0.1) is 0 Å². The van der Waals surface area contributed by atoms with Crippen molar-refractivity contribution in [3.05, 3.63) is 0 Å². The maximum Gasteiger partial charge on any atom is 0.342 e. The SMILES string of the molecule is CCC1C(CC)N1C(N1C(CC)C1CC)C(C(=O)O)(N1C(CC)C1CC)N1C(CC)C1CC. The van der Waals surface area contributed by atoms with Crippen molar-refractivity contribution in [1.82, 2.24) is 19.6 Å². The molecule has 8 unspecified atom stereocenters. The first-order valence-electron chi connectivity index (χ1n) is 14.3. The van der Waals surface area contributed by atoms with Crippen molar-refractivity contribution in [2.45, 2.75) is 167 Å². The number of rotatable bonds is 14. The van der Waals surface area contributed by atoms with Gasteiger partial charge in [-0.15, -0.1) is 0 Å². The van der Waals surface area contributed by atoms with Crippen LogP contribution in [-0.4, -0.2) is 90.8 Å². The van der Waals surface area contributed by atoms with Crippen molar-refractivity contribution in [2.75, 3.05) is 0 Å². The van der Waals surface area contributed by atoms with Crippen LogP contribution in [0.1, 0.15) is 107 Å². The zero-order valence-electron chi connectivity index (χ0n) is 22.5. The van der Waals surface area contributed by atoms with Gasteiger partial charge in [-0.3, -0.25) is 19.6 Å². The summed E-state index contributed by atoms with van der Waals surface area (Å²) in [5, 5.41) is 11.3. The predicted octanol–water partition coefficient (Wildman–Crippen LogP) is 4.58. The molecule has 0 saturated carbocycles. The van der Waals surface area contributed by atoms with Crippen LogP contribution in [0.3, 0.4) is 0 Å². The number of carboxylic acid groups (broad SMARTS) is 1. The van der Waals surface area contributed by atoms with Gasteiger partial charge < -0.3 is 5.11 Å². The first-order chi connectivity index (χ1) is 15.9. The van der Waals surface area contributed by atoms with Gasteiger partial charge in [-0.05, 0) is 51.4 Å². The predicted molar refractivity (Wildman–Crippen MR) is 134 cm³/mol. The van der Waals surface area contributed by atoms with Crippen molar-refractivity contribution >= 4 is 5.97 Å². The first-order valence-corrected chi connectivity index (χ1v) is 14.3. The molecule has 4 heterocycles. The van der Waals surface area contributed by atoms with E-state index in [0.717, 1.165) is 51.4 Å². The van der Waals surface area contributed by atoms with E-state index in [1.807, 2.05) is 0 Å². The van der Waals surface area contributed by atoms with Gasteiger partial charge in [0.25, 0.3) is 0 Å². The third-order valence-corrected chi connectivity index (χ3v) is 9.75. The average molecular weight is 463 g/mol. The molecule has 33 heavy (non-hydrogen) atoms. The molecule has 4 fully saturated rings. The van der Waals surface area contributed by atoms with Gasteiger partial charge in [-0.2, -0.15) is 0 Å². The van der Waals surface area contributed by atoms with E-state index in [0.29, 0.717) is 48.3 Å². The molecule has 0 aromatic rings. The summed E-state index contributed by atoms with van der Waals surface area (Å²) in [7, 11) is 0. The topological polar surface area (TPSA) is 49.3 Å². The quantitative estimate of drug-likeness (QED) is 0.381. The van der Waals surface area contributed by atoms with Crippen LogP contribution in [0.4, 0.5) is 0 Å². The van der Waals surface area contributed by atoms with E-state index in [1.54, 1.807) is 0 Å². The van der Waals surface area contributed by atoms with Crippen LogP contribution >= 0.6 is 0 Å². The molecule has 0 aromatic carbocycles. The molecule has 6 nitrogen and oxygen atoms in total. The zero-order chi connectivity index (χ0) is 24.2. The minimum absolute atomic E-state index is 0.0593. The molecule has 8 atom stereocenters. The van der Waals surface area contributed by atoms with Gasteiger partial charge in [-0.1, -0.05) is 55.4 Å². The van der Waals surface area contributed by atoms with Crippen molar-refractivity contribution < 1.29 is 9.90 Å². The largest absolute Gasteiger partial charge is 0.479 e. The van der Waals surface area contributed by atoms with E-state index in [-0.39, 0.29) is 6.17 Å². The number of carboxylic acids is 1. The van der Waals surface area contributed by atoms with Gasteiger partial charge in [-0.25, -0.2) is 4.79 Å². The lowest BCUT2D eigenvalue weighted by molar-refractivity contribution is -0.168. The van der Waals surface area contributed by atoms with Crippen molar-refractivity contribution in [2.24, 2.45) is 0 Å². The Hall–Kier alpha value is -0.690. The molecule has 0 radical (unpaired) electrons. The highest BCUT2D eigenvalue weighted by Crippen LogP contribution is 2.58. The fraction of sp³-hybridized carbons (Fsp3) is 0.963. The normalized spacial score (nSPS) is 48.1. The van der Waals surface area contributed by atoms with E-state index >= 15 is 0 Å². The molecule has 4 saturated heterocycles. The summed E-state index contributed by atoms with van der Waals surface area (Å²) in [5.41, 5.74) is -0.947. The van der Waals surface area contributed by atoms with Crippen LogP contribution in [0, 0.1) is 0 Å². The lowest BCUT2D eigenvalue weighted by Crippen LogP contribution is -2.68. The summed E-state index contributed by atoms with van der Waals surface area (Å²) < 4.78 is 0. The molecule has 0 aromatic heterocycles. The molecular weight excluding hydrogens is 412 g/mol. The first kappa shape index (κ1) is 25.4. The van der Waals surface area contributed by atoms with Gasteiger partial charge >= 0.3 is 5.97 Å². The molecule has 0 bridgehead atoms. The van der Waals surface area contributed by atoms with Crippen LogP contribution in [0.15, 0.2) is 0 Å². The second kappa shape index (κ2) is 9.40. The molecule has 1 N–H and O–H groups in total. The van der Waals surface area contributed by atoms with Gasteiger partial charge in [0, 0.05) is 48.3 Å². The number of hydrogen-bond acceptors (Lipinski definition) is 5. The molecular formula is C27H50N4O2. The molecule has 0 amide bonds. The van der Waals surface area contributed by atoms with Crippen molar-refractivity contribution in [3.8, 4) is 0 Å². The van der Waals surface area contributed by atoms with Crippen LogP contribution in [0.25, 0.3) is 0 Å². The summed E-state index contributed by atoms with van der Waals surface area (Å²) in [6.45, 7) is 18.1. The van der Waals surface area contributed by atoms with Gasteiger partial charge in [0.2, 0.25) is 5.66 Å². The lowest BCUT2D eigenvalue weighted by Gasteiger charge is -2.44. The monoisotopic (exact) mass is 462 g/mol. The minimum atomic E-state index is -0.947. The van der Waals surface area contributed by atoms with E-state index in [2.05, 4.69) is 75.0 Å². The minimum Gasteiger partial charge on any atom is -0.479 e. The highest BCUT2D eigenvalue weighted by Gasteiger charge is 2.78. The smallest absolute Gasteiger partial charge is 0.342 e. The number of hydrogen-bond donors (Lipinski definition) is 1. The van der Waals surface area contributed by atoms with Gasteiger partial charge in [0.1, 0.15) is 6.17 Å². The molecule has 190 valence electrons. The van der Waals surface area contributed by atoms with Crippen LogP contribution < -0.4 is 0 Å². The Morgan fingerprint density at radius 2 is 0.818 bits per heavy atom. The molecule has 0 spiro atoms. The highest BCUT2D eigenvalue weighted by atomic mass is 16.4. The third kappa shape index (κ3) is 3.53. The van der Waals surface area contributed by atoms with Crippen LogP contribution in [-0.2, 0) is 4.79 Å². The average Bonchev–Trinajstić information content (AvgIpc) is 3.70. The Bertz CT molecular complexity index is 628. The van der Waals surface area contributed by atoms with Gasteiger partial charge in [0.15, 0.2) is 0 Å². The van der Waals surface area contributed by atoms with E-state index in [4.69, 9.17) is 0 Å². The fourth-order valence-corrected chi connectivity index (χ4v) is 8.23. The number of carbonyl (C=O) groups is 1. The Balaban J connectivity index is 1.87. The number of nitrogens with zero attached hydrogens (tertiary/aromatic N) is 4. The fourth-order valence-electron chi connectivity index (χ4n) is 8.23. The summed E-state index contributed by atoms with van der Waals surface area (Å²) in [5.74, 6) is -0.607. The van der Waals surface area contributed by atoms with E-state index in [1.165, 1.54) is 0 Å². The lowest BCUT2D eigenvalue weighted by atomic mass is 10.0. The van der Waals surface area contributed by atoms with E-state index < -0.39 is 11.6 Å². The van der Waals surface area contributed by atoms with Crippen molar-refractivity contribution in [3.63, 3.8) is 0 Å². The Kier molecular flexibility index (Phi) is 7.24. The summed E-state index contributed by atoms with van der Waals surface area (Å²) in [6.07, 6.45) is 8.49. The maximum atomic E-state index is 13.8. The van der Waals surface area contributed by atoms with Crippen molar-refractivity contribution in [1.29, 1.82) is 0 Å². The van der Waals surface area contributed by atoms with Crippen LogP contribution in [0.2, 0.25) is 0 Å². The zero-order valence-corrected chi connectivity index (χ0v) is 22.5. The second-order valence-electron chi connectivity index (χ2n) is 10.9. The molecule has 0 aliphatic carbocycles. The Labute approximate surface area is 202 Å². The highest BCUT2D eigenvalue weighted by molar-refractivity contribution is 5.81. The molecule has 6 heteroatoms. The third-order valence-electron chi connectivity index (χ3n) is 9.75. The summed E-state index contributed by atoms with van der Waals surface area (Å²) in [4.78, 5) is 24.0. The Morgan fingerprint density at radius 1 is 0.576 bits per heavy atom.